The maximum atomic E-state index is 12.8. The van der Waals surface area contributed by atoms with Crippen molar-refractivity contribution in [3.8, 4) is 0 Å². The summed E-state index contributed by atoms with van der Waals surface area (Å²) in [6.07, 6.45) is 3.24. The Bertz CT molecular complexity index is 889. The van der Waals surface area contributed by atoms with Gasteiger partial charge in [-0.25, -0.2) is 0 Å². The third-order valence-corrected chi connectivity index (χ3v) is 6.76. The van der Waals surface area contributed by atoms with Crippen LogP contribution in [-0.2, 0) is 9.59 Å². The highest BCUT2D eigenvalue weighted by atomic mass is 32.2. The number of benzene rings is 2. The van der Waals surface area contributed by atoms with Crippen molar-refractivity contribution in [2.45, 2.75) is 13.8 Å². The topological polar surface area (TPSA) is 46.2 Å². The molecule has 0 radical (unpaired) electrons. The van der Waals surface area contributed by atoms with E-state index in [1.807, 2.05) is 62.4 Å². The predicted molar refractivity (Wildman–Crippen MR) is 117 cm³/mol. The Morgan fingerprint density at radius 1 is 0.889 bits per heavy atom. The van der Waals surface area contributed by atoms with Gasteiger partial charge in [-0.3, -0.25) is 9.59 Å². The van der Waals surface area contributed by atoms with E-state index in [1.54, 1.807) is 29.6 Å². The van der Waals surface area contributed by atoms with Crippen LogP contribution in [0.3, 0.4) is 0 Å². The van der Waals surface area contributed by atoms with Gasteiger partial charge in [0.05, 0.1) is 4.24 Å². The first-order valence-electron chi connectivity index (χ1n) is 8.70. The number of thioether (sulfide) groups is 2. The summed E-state index contributed by atoms with van der Waals surface area (Å²) in [5.41, 5.74) is 4.13. The number of anilines is 1. The Balaban J connectivity index is 1.81. The highest BCUT2D eigenvalue weighted by molar-refractivity contribution is 8.25. The molecule has 0 saturated carbocycles. The second kappa shape index (κ2) is 9.11. The first kappa shape index (κ1) is 19.5. The third-order valence-electron chi connectivity index (χ3n) is 4.04. The summed E-state index contributed by atoms with van der Waals surface area (Å²) in [4.78, 5) is 25.7. The predicted octanol–water partition coefficient (Wildman–Crippen LogP) is 5.22. The van der Waals surface area contributed by atoms with E-state index in [9.17, 15) is 9.59 Å². The summed E-state index contributed by atoms with van der Waals surface area (Å²) in [5.74, 6) is 1.21. The molecule has 0 aromatic heterocycles. The van der Waals surface area contributed by atoms with Crippen molar-refractivity contribution >= 4 is 47.0 Å². The molecule has 0 atom stereocenters. The number of carbonyl (C=O) groups excluding carboxylic acids is 2. The lowest BCUT2D eigenvalue weighted by Gasteiger charge is -2.09. The van der Waals surface area contributed by atoms with Crippen molar-refractivity contribution in [2.75, 3.05) is 16.8 Å². The van der Waals surface area contributed by atoms with Crippen LogP contribution in [0.25, 0.3) is 6.08 Å². The van der Waals surface area contributed by atoms with Gasteiger partial charge in [-0.2, -0.15) is 0 Å². The zero-order chi connectivity index (χ0) is 19.2. The minimum absolute atomic E-state index is 0.228. The molecule has 2 aromatic rings. The normalized spacial score (nSPS) is 13.8. The van der Waals surface area contributed by atoms with Crippen LogP contribution in [0.4, 0.5) is 5.69 Å². The number of allylic oxidation sites excluding steroid dienone is 1. The molecule has 1 saturated heterocycles. The Morgan fingerprint density at radius 2 is 1.44 bits per heavy atom. The van der Waals surface area contributed by atoms with Crippen molar-refractivity contribution in [1.29, 1.82) is 0 Å². The fraction of sp³-hybridized carbons (Fsp3) is 0.182. The summed E-state index contributed by atoms with van der Waals surface area (Å²) in [6.45, 7) is 4.01. The Morgan fingerprint density at radius 3 is 2.04 bits per heavy atom. The number of carbonyl (C=O) groups is 2. The SMILES string of the molecule is Cc1ccc(/C=C/C(=O)C(C(=O)Nc2ccc(C)cc2)=C2SCCS2)cc1. The molecule has 1 fully saturated rings. The van der Waals surface area contributed by atoms with Crippen LogP contribution in [0.5, 0.6) is 0 Å². The smallest absolute Gasteiger partial charge is 0.261 e. The molecule has 138 valence electrons. The zero-order valence-electron chi connectivity index (χ0n) is 15.3. The van der Waals surface area contributed by atoms with Crippen molar-refractivity contribution in [2.24, 2.45) is 0 Å². The van der Waals surface area contributed by atoms with Crippen LogP contribution in [0, 0.1) is 13.8 Å². The standard InChI is InChI=1S/C22H21NO2S2/c1-15-3-7-17(8-4-15)9-12-19(24)20(22-26-13-14-27-22)21(25)23-18-10-5-16(2)6-11-18/h3-12H,13-14H2,1-2H3,(H,23,25)/b12-9+. The molecule has 1 aliphatic rings. The number of hydrogen-bond donors (Lipinski definition) is 1. The summed E-state index contributed by atoms with van der Waals surface area (Å²) in [6, 6.07) is 15.5. The third kappa shape index (κ3) is 5.37. The largest absolute Gasteiger partial charge is 0.322 e. The van der Waals surface area contributed by atoms with Crippen LogP contribution in [-0.4, -0.2) is 23.2 Å². The number of hydrogen-bond acceptors (Lipinski definition) is 4. The summed E-state index contributed by atoms with van der Waals surface area (Å²) >= 11 is 3.14. The molecule has 5 heteroatoms. The molecule has 0 aliphatic carbocycles. The molecule has 1 N–H and O–H groups in total. The molecule has 2 aromatic carbocycles. The van der Waals surface area contributed by atoms with Crippen LogP contribution in [0.15, 0.2) is 64.4 Å². The summed E-state index contributed by atoms with van der Waals surface area (Å²) in [7, 11) is 0. The van der Waals surface area contributed by atoms with Crippen LogP contribution in [0.1, 0.15) is 16.7 Å². The maximum absolute atomic E-state index is 12.8. The first-order chi connectivity index (χ1) is 13.0. The van der Waals surface area contributed by atoms with E-state index in [0.717, 1.165) is 32.4 Å². The van der Waals surface area contributed by atoms with E-state index < -0.39 is 0 Å². The fourth-order valence-corrected chi connectivity index (χ4v) is 5.07. The van der Waals surface area contributed by atoms with Gasteiger partial charge in [0.1, 0.15) is 5.57 Å². The molecule has 3 rings (SSSR count). The van der Waals surface area contributed by atoms with E-state index in [2.05, 4.69) is 5.32 Å². The molecular formula is C22H21NO2S2. The molecule has 1 heterocycles. The monoisotopic (exact) mass is 395 g/mol. The van der Waals surface area contributed by atoms with Gasteiger partial charge in [-0.05, 0) is 37.6 Å². The van der Waals surface area contributed by atoms with Crippen molar-refractivity contribution in [3.05, 3.63) is 81.1 Å². The van der Waals surface area contributed by atoms with Crippen molar-refractivity contribution in [1.82, 2.24) is 0 Å². The molecule has 3 nitrogen and oxygen atoms in total. The van der Waals surface area contributed by atoms with Gasteiger partial charge >= 0.3 is 0 Å². The van der Waals surface area contributed by atoms with Gasteiger partial charge in [0, 0.05) is 17.2 Å². The number of nitrogens with one attached hydrogen (secondary N) is 1. The molecule has 1 aliphatic heterocycles. The van der Waals surface area contributed by atoms with Gasteiger partial charge < -0.3 is 5.32 Å². The molecular weight excluding hydrogens is 374 g/mol. The summed E-state index contributed by atoms with van der Waals surface area (Å²) < 4.78 is 0.804. The number of aryl methyl sites for hydroxylation is 2. The lowest BCUT2D eigenvalue weighted by atomic mass is 10.1. The van der Waals surface area contributed by atoms with Gasteiger partial charge in [0.2, 0.25) is 0 Å². The van der Waals surface area contributed by atoms with E-state index >= 15 is 0 Å². The minimum atomic E-state index is -0.352. The maximum Gasteiger partial charge on any atom is 0.261 e. The second-order valence-corrected chi connectivity index (χ2v) is 8.76. The number of amides is 1. The zero-order valence-corrected chi connectivity index (χ0v) is 17.0. The molecule has 0 spiro atoms. The number of ketones is 1. The Labute approximate surface area is 168 Å². The quantitative estimate of drug-likeness (QED) is 0.428. The lowest BCUT2D eigenvalue weighted by molar-refractivity contribution is -0.117. The Hall–Kier alpha value is -2.24. The highest BCUT2D eigenvalue weighted by Gasteiger charge is 2.25. The number of rotatable bonds is 5. The van der Waals surface area contributed by atoms with Crippen LogP contribution < -0.4 is 5.32 Å². The first-order valence-corrected chi connectivity index (χ1v) is 10.7. The van der Waals surface area contributed by atoms with Gasteiger partial charge in [0.25, 0.3) is 5.91 Å². The second-order valence-electron chi connectivity index (χ2n) is 6.29. The van der Waals surface area contributed by atoms with Gasteiger partial charge in [0.15, 0.2) is 5.78 Å². The average molecular weight is 396 g/mol. The molecule has 0 unspecified atom stereocenters. The van der Waals surface area contributed by atoms with Crippen molar-refractivity contribution in [3.63, 3.8) is 0 Å². The van der Waals surface area contributed by atoms with E-state index in [1.165, 1.54) is 6.08 Å². The average Bonchev–Trinajstić information content (AvgIpc) is 3.17. The van der Waals surface area contributed by atoms with Gasteiger partial charge in [-0.1, -0.05) is 53.6 Å². The van der Waals surface area contributed by atoms with Crippen LogP contribution >= 0.6 is 23.5 Å². The van der Waals surface area contributed by atoms with Crippen LogP contribution in [0.2, 0.25) is 0 Å². The lowest BCUT2D eigenvalue weighted by Crippen LogP contribution is -2.20. The Kier molecular flexibility index (Phi) is 6.58. The summed E-state index contributed by atoms with van der Waals surface area (Å²) in [5, 5.41) is 2.85. The molecule has 27 heavy (non-hydrogen) atoms. The minimum Gasteiger partial charge on any atom is -0.322 e. The highest BCUT2D eigenvalue weighted by Crippen LogP contribution is 2.39. The molecule has 0 bridgehead atoms. The molecule has 1 amide bonds. The fourth-order valence-electron chi connectivity index (χ4n) is 2.52. The van der Waals surface area contributed by atoms with E-state index in [4.69, 9.17) is 0 Å². The van der Waals surface area contributed by atoms with Crippen molar-refractivity contribution < 1.29 is 9.59 Å². The van der Waals surface area contributed by atoms with E-state index in [0.29, 0.717) is 5.69 Å². The van der Waals surface area contributed by atoms with Gasteiger partial charge in [-0.15, -0.1) is 23.5 Å². The van der Waals surface area contributed by atoms with E-state index in [-0.39, 0.29) is 17.3 Å².